The molecule has 0 radical (unpaired) electrons. The first kappa shape index (κ1) is 13.1. The van der Waals surface area contributed by atoms with E-state index >= 15 is 0 Å². The minimum atomic E-state index is 0.336. The predicted molar refractivity (Wildman–Crippen MR) is 79.1 cm³/mol. The van der Waals surface area contributed by atoms with Gasteiger partial charge in [0.15, 0.2) is 5.82 Å². The fourth-order valence-electron chi connectivity index (χ4n) is 3.17. The summed E-state index contributed by atoms with van der Waals surface area (Å²) in [5.41, 5.74) is 8.82. The molecule has 0 saturated heterocycles. The first-order chi connectivity index (χ1) is 9.66. The Balaban J connectivity index is 1.99. The second kappa shape index (κ2) is 5.23. The molecule has 1 heterocycles. The molecule has 2 N–H and O–H groups in total. The van der Waals surface area contributed by atoms with Gasteiger partial charge in [-0.25, -0.2) is 4.68 Å². The van der Waals surface area contributed by atoms with Crippen molar-refractivity contribution in [1.29, 1.82) is 0 Å². The molecule has 5 nitrogen and oxygen atoms in total. The molecule has 1 aromatic heterocycles. The van der Waals surface area contributed by atoms with Crippen molar-refractivity contribution in [3.8, 4) is 11.4 Å². The van der Waals surface area contributed by atoms with Crippen LogP contribution in [0.25, 0.3) is 11.4 Å². The summed E-state index contributed by atoms with van der Waals surface area (Å²) in [5.74, 6) is 1.51. The first-order valence-electron chi connectivity index (χ1n) is 7.31. The predicted octanol–water partition coefficient (Wildman–Crippen LogP) is 2.98. The van der Waals surface area contributed by atoms with Crippen molar-refractivity contribution in [3.63, 3.8) is 0 Å². The summed E-state index contributed by atoms with van der Waals surface area (Å²) in [6.45, 7) is 4.28. The molecule has 0 bridgehead atoms. The summed E-state index contributed by atoms with van der Waals surface area (Å²) in [6, 6.07) is 6.22. The Morgan fingerprint density at radius 1 is 1.30 bits per heavy atom. The number of aryl methyl sites for hydroxylation is 1. The van der Waals surface area contributed by atoms with Crippen LogP contribution in [-0.2, 0) is 0 Å². The van der Waals surface area contributed by atoms with E-state index in [1.807, 2.05) is 22.9 Å². The lowest BCUT2D eigenvalue weighted by Crippen LogP contribution is -2.17. The maximum absolute atomic E-state index is 5.90. The summed E-state index contributed by atoms with van der Waals surface area (Å²) in [6.07, 6.45) is 5.19. The number of tetrazole rings is 1. The number of nitrogen functional groups attached to an aromatic ring is 1. The average Bonchev–Trinajstić information content (AvgIpc) is 3.11. The van der Waals surface area contributed by atoms with Crippen molar-refractivity contribution in [2.45, 2.75) is 45.6 Å². The third kappa shape index (κ3) is 2.28. The molecule has 1 aliphatic carbocycles. The Labute approximate surface area is 119 Å². The topological polar surface area (TPSA) is 69.6 Å². The fourth-order valence-corrected chi connectivity index (χ4v) is 3.17. The molecule has 3 rings (SSSR count). The molecule has 0 amide bonds. The lowest BCUT2D eigenvalue weighted by Gasteiger charge is -2.20. The zero-order chi connectivity index (χ0) is 14.1. The highest BCUT2D eigenvalue weighted by Gasteiger charge is 2.26. The molecule has 1 atom stereocenters. The third-order valence-corrected chi connectivity index (χ3v) is 4.46. The van der Waals surface area contributed by atoms with Gasteiger partial charge in [0.05, 0.1) is 6.04 Å². The fraction of sp³-hybridized carbons (Fsp3) is 0.533. The molecule has 0 aliphatic heterocycles. The molecule has 2 aromatic rings. The van der Waals surface area contributed by atoms with Gasteiger partial charge in [-0.2, -0.15) is 0 Å². The van der Waals surface area contributed by atoms with E-state index in [9.17, 15) is 0 Å². The molecule has 5 heteroatoms. The summed E-state index contributed by atoms with van der Waals surface area (Å²) < 4.78 is 1.97. The first-order valence-corrected chi connectivity index (χ1v) is 7.31. The normalized spacial score (nSPS) is 17.5. The minimum Gasteiger partial charge on any atom is -0.399 e. The number of hydrogen-bond donors (Lipinski definition) is 1. The van der Waals surface area contributed by atoms with Crippen LogP contribution in [0.3, 0.4) is 0 Å². The number of benzene rings is 1. The molecule has 1 aliphatic rings. The highest BCUT2D eigenvalue weighted by molar-refractivity contribution is 5.65. The van der Waals surface area contributed by atoms with Gasteiger partial charge in [0.25, 0.3) is 0 Å². The van der Waals surface area contributed by atoms with E-state index in [1.54, 1.807) is 0 Å². The van der Waals surface area contributed by atoms with Crippen LogP contribution in [0.1, 0.15) is 44.2 Å². The maximum Gasteiger partial charge on any atom is 0.182 e. The Bertz CT molecular complexity index is 598. The summed E-state index contributed by atoms with van der Waals surface area (Å²) in [5, 5.41) is 12.3. The lowest BCUT2D eigenvalue weighted by atomic mass is 9.99. The van der Waals surface area contributed by atoms with Gasteiger partial charge in [-0.05, 0) is 60.7 Å². The Morgan fingerprint density at radius 3 is 2.80 bits per heavy atom. The van der Waals surface area contributed by atoms with Crippen LogP contribution in [0.15, 0.2) is 18.2 Å². The molecule has 1 aromatic carbocycles. The van der Waals surface area contributed by atoms with Gasteiger partial charge in [-0.15, -0.1) is 5.10 Å². The van der Waals surface area contributed by atoms with Crippen LogP contribution in [0, 0.1) is 12.8 Å². The van der Waals surface area contributed by atoms with Crippen LogP contribution < -0.4 is 5.73 Å². The van der Waals surface area contributed by atoms with Crippen molar-refractivity contribution in [2.75, 3.05) is 5.73 Å². The van der Waals surface area contributed by atoms with Crippen molar-refractivity contribution in [1.82, 2.24) is 20.2 Å². The monoisotopic (exact) mass is 271 g/mol. The van der Waals surface area contributed by atoms with Crippen molar-refractivity contribution < 1.29 is 0 Å². The number of aromatic nitrogens is 4. The Morgan fingerprint density at radius 2 is 2.05 bits per heavy atom. The van der Waals surface area contributed by atoms with Gasteiger partial charge in [0, 0.05) is 11.3 Å². The van der Waals surface area contributed by atoms with Gasteiger partial charge < -0.3 is 5.73 Å². The van der Waals surface area contributed by atoms with Crippen LogP contribution in [-0.4, -0.2) is 20.2 Å². The van der Waals surface area contributed by atoms with Gasteiger partial charge in [-0.1, -0.05) is 18.9 Å². The molecule has 1 unspecified atom stereocenters. The summed E-state index contributed by atoms with van der Waals surface area (Å²) in [7, 11) is 0. The second-order valence-electron chi connectivity index (χ2n) is 5.81. The number of hydrogen-bond acceptors (Lipinski definition) is 4. The standard InChI is InChI=1S/C15H21N5/c1-10-7-8-13(16)9-14(10)15-17-18-19-20(15)11(2)12-5-3-4-6-12/h7-9,11-12H,3-6,16H2,1-2H3. The van der Waals surface area contributed by atoms with Crippen molar-refractivity contribution in [2.24, 2.45) is 5.92 Å². The van der Waals surface area contributed by atoms with Gasteiger partial charge in [0.1, 0.15) is 0 Å². The summed E-state index contributed by atoms with van der Waals surface area (Å²) >= 11 is 0. The van der Waals surface area contributed by atoms with E-state index < -0.39 is 0 Å². The van der Waals surface area contributed by atoms with Crippen LogP contribution >= 0.6 is 0 Å². The zero-order valence-electron chi connectivity index (χ0n) is 12.1. The molecule has 1 saturated carbocycles. The van der Waals surface area contributed by atoms with E-state index in [4.69, 9.17) is 5.73 Å². The SMILES string of the molecule is Cc1ccc(N)cc1-c1nnnn1C(C)C1CCCC1. The quantitative estimate of drug-likeness (QED) is 0.871. The van der Waals surface area contributed by atoms with Gasteiger partial charge >= 0.3 is 0 Å². The molecule has 106 valence electrons. The van der Waals surface area contributed by atoms with Crippen LogP contribution in [0.4, 0.5) is 5.69 Å². The third-order valence-electron chi connectivity index (χ3n) is 4.46. The van der Waals surface area contributed by atoms with E-state index in [0.29, 0.717) is 12.0 Å². The maximum atomic E-state index is 5.90. The lowest BCUT2D eigenvalue weighted by molar-refractivity contribution is 0.332. The Hall–Kier alpha value is -1.91. The summed E-state index contributed by atoms with van der Waals surface area (Å²) in [4.78, 5) is 0. The van der Waals surface area contributed by atoms with Crippen molar-refractivity contribution >= 4 is 5.69 Å². The largest absolute Gasteiger partial charge is 0.399 e. The molecule has 1 fully saturated rings. The van der Waals surface area contributed by atoms with E-state index in [-0.39, 0.29) is 0 Å². The van der Waals surface area contributed by atoms with E-state index in [0.717, 1.165) is 22.6 Å². The van der Waals surface area contributed by atoms with Crippen molar-refractivity contribution in [3.05, 3.63) is 23.8 Å². The highest BCUT2D eigenvalue weighted by Crippen LogP contribution is 2.35. The number of rotatable bonds is 3. The number of anilines is 1. The minimum absolute atomic E-state index is 0.336. The van der Waals surface area contributed by atoms with Gasteiger partial charge in [-0.3, -0.25) is 0 Å². The smallest absolute Gasteiger partial charge is 0.182 e. The van der Waals surface area contributed by atoms with E-state index in [1.165, 1.54) is 25.7 Å². The zero-order valence-corrected chi connectivity index (χ0v) is 12.1. The average molecular weight is 271 g/mol. The molecular formula is C15H21N5. The number of nitrogens with two attached hydrogens (primary N) is 1. The second-order valence-corrected chi connectivity index (χ2v) is 5.81. The number of nitrogens with zero attached hydrogens (tertiary/aromatic N) is 4. The van der Waals surface area contributed by atoms with Gasteiger partial charge in [0.2, 0.25) is 0 Å². The molecular weight excluding hydrogens is 250 g/mol. The molecule has 20 heavy (non-hydrogen) atoms. The Kier molecular flexibility index (Phi) is 3.42. The van der Waals surface area contributed by atoms with E-state index in [2.05, 4.69) is 29.4 Å². The highest BCUT2D eigenvalue weighted by atomic mass is 15.5. The van der Waals surface area contributed by atoms with Crippen LogP contribution in [0.2, 0.25) is 0 Å². The van der Waals surface area contributed by atoms with Crippen LogP contribution in [0.5, 0.6) is 0 Å². The molecule has 0 spiro atoms.